The molecule has 1 N–H and O–H groups in total. The number of carboxylic acid groups (broad SMARTS) is 1. The van der Waals surface area contributed by atoms with Gasteiger partial charge in [0, 0.05) is 30.6 Å². The summed E-state index contributed by atoms with van der Waals surface area (Å²) in [5, 5.41) is 8.98. The number of carboxylic acids is 1. The summed E-state index contributed by atoms with van der Waals surface area (Å²) in [7, 11) is 0. The molecular formula is C14H13NO5. The van der Waals surface area contributed by atoms with Crippen LogP contribution in [-0.4, -0.2) is 35.9 Å². The zero-order chi connectivity index (χ0) is 14.3. The van der Waals surface area contributed by atoms with E-state index in [0.29, 0.717) is 11.4 Å². The molecule has 0 spiro atoms. The van der Waals surface area contributed by atoms with E-state index < -0.39 is 11.9 Å². The van der Waals surface area contributed by atoms with E-state index in [0.717, 1.165) is 5.56 Å². The molecule has 1 fully saturated rings. The molecular weight excluding hydrogens is 262 g/mol. The highest BCUT2D eigenvalue weighted by Gasteiger charge is 2.35. The van der Waals surface area contributed by atoms with Crippen LogP contribution in [0.1, 0.15) is 12.0 Å². The van der Waals surface area contributed by atoms with Gasteiger partial charge < -0.3 is 14.7 Å². The van der Waals surface area contributed by atoms with Crippen LogP contribution in [0.4, 0.5) is 5.69 Å². The summed E-state index contributed by atoms with van der Waals surface area (Å²) in [5.41, 5.74) is 1.36. The van der Waals surface area contributed by atoms with Crippen LogP contribution in [0.15, 0.2) is 18.2 Å². The van der Waals surface area contributed by atoms with Crippen LogP contribution in [0.2, 0.25) is 0 Å². The van der Waals surface area contributed by atoms with Gasteiger partial charge in [0.2, 0.25) is 5.91 Å². The second kappa shape index (κ2) is 4.63. The lowest BCUT2D eigenvalue weighted by Crippen LogP contribution is -2.26. The smallest absolute Gasteiger partial charge is 0.308 e. The van der Waals surface area contributed by atoms with Crippen LogP contribution >= 0.6 is 0 Å². The quantitative estimate of drug-likeness (QED) is 0.855. The third-order valence-electron chi connectivity index (χ3n) is 3.61. The number of Topliss-reactive ketones (excluding diaryl/α,β-unsaturated/α-hetero) is 1. The van der Waals surface area contributed by atoms with E-state index in [-0.39, 0.29) is 37.7 Å². The fraction of sp³-hybridized carbons (Fsp3) is 0.357. The van der Waals surface area contributed by atoms with Crippen molar-refractivity contribution in [1.29, 1.82) is 0 Å². The molecule has 1 amide bonds. The van der Waals surface area contributed by atoms with Gasteiger partial charge in [0.25, 0.3) is 0 Å². The number of carbonyl (C=O) groups excluding carboxylic acids is 2. The number of hydrogen-bond donors (Lipinski definition) is 1. The standard InChI is InChI=1S/C14H13NO5/c16-11-4-8-3-10(1-2-12(8)20-7-11)15-6-9(14(18)19)5-13(15)17/h1-3,9H,4-7H2,(H,18,19). The van der Waals surface area contributed by atoms with E-state index in [1.165, 1.54) is 4.90 Å². The molecule has 104 valence electrons. The highest BCUT2D eigenvalue weighted by Crippen LogP contribution is 2.31. The molecule has 1 unspecified atom stereocenters. The van der Waals surface area contributed by atoms with Gasteiger partial charge in [-0.15, -0.1) is 0 Å². The molecule has 2 aliphatic heterocycles. The first-order valence-electron chi connectivity index (χ1n) is 6.35. The second-order valence-electron chi connectivity index (χ2n) is 5.04. The van der Waals surface area contributed by atoms with Crippen molar-refractivity contribution in [2.24, 2.45) is 5.92 Å². The van der Waals surface area contributed by atoms with Gasteiger partial charge in [-0.3, -0.25) is 14.4 Å². The minimum Gasteiger partial charge on any atom is -0.486 e. The lowest BCUT2D eigenvalue weighted by Gasteiger charge is -2.21. The number of rotatable bonds is 2. The topological polar surface area (TPSA) is 83.9 Å². The van der Waals surface area contributed by atoms with Gasteiger partial charge in [-0.2, -0.15) is 0 Å². The number of anilines is 1. The Morgan fingerprint density at radius 1 is 1.35 bits per heavy atom. The van der Waals surface area contributed by atoms with E-state index in [1.54, 1.807) is 18.2 Å². The molecule has 1 aromatic rings. The van der Waals surface area contributed by atoms with E-state index in [4.69, 9.17) is 9.84 Å². The number of amides is 1. The normalized spacial score (nSPS) is 21.6. The molecule has 0 aliphatic carbocycles. The molecule has 6 nitrogen and oxygen atoms in total. The molecule has 0 bridgehead atoms. The third kappa shape index (κ3) is 2.13. The zero-order valence-corrected chi connectivity index (χ0v) is 10.7. The van der Waals surface area contributed by atoms with Crippen LogP contribution in [0.5, 0.6) is 5.75 Å². The molecule has 20 heavy (non-hydrogen) atoms. The predicted molar refractivity (Wildman–Crippen MR) is 68.7 cm³/mol. The van der Waals surface area contributed by atoms with Crippen LogP contribution in [0.3, 0.4) is 0 Å². The Morgan fingerprint density at radius 2 is 2.15 bits per heavy atom. The first kappa shape index (κ1) is 12.7. The van der Waals surface area contributed by atoms with E-state index in [2.05, 4.69) is 0 Å². The summed E-state index contributed by atoms with van der Waals surface area (Å²) in [6, 6.07) is 5.17. The molecule has 1 saturated heterocycles. The highest BCUT2D eigenvalue weighted by molar-refractivity contribution is 5.99. The number of nitrogens with zero attached hydrogens (tertiary/aromatic N) is 1. The fourth-order valence-corrected chi connectivity index (χ4v) is 2.56. The molecule has 6 heteroatoms. The largest absolute Gasteiger partial charge is 0.486 e. The summed E-state index contributed by atoms with van der Waals surface area (Å²) < 4.78 is 5.29. The van der Waals surface area contributed by atoms with Gasteiger partial charge in [0.05, 0.1) is 5.92 Å². The summed E-state index contributed by atoms with van der Waals surface area (Å²) >= 11 is 0. The SMILES string of the molecule is O=C1COc2ccc(N3CC(C(=O)O)CC3=O)cc2C1. The monoisotopic (exact) mass is 275 g/mol. The Kier molecular flexibility index (Phi) is 2.93. The lowest BCUT2D eigenvalue weighted by atomic mass is 10.0. The average Bonchev–Trinajstić information content (AvgIpc) is 2.80. The van der Waals surface area contributed by atoms with Crippen molar-refractivity contribution < 1.29 is 24.2 Å². The predicted octanol–water partition coefficient (Wildman–Crippen LogP) is 0.628. The molecule has 0 saturated carbocycles. The minimum atomic E-state index is -0.961. The van der Waals surface area contributed by atoms with Crippen molar-refractivity contribution in [1.82, 2.24) is 0 Å². The van der Waals surface area contributed by atoms with Gasteiger partial charge in [0.15, 0.2) is 5.78 Å². The average molecular weight is 275 g/mol. The number of ether oxygens (including phenoxy) is 1. The summed E-state index contributed by atoms with van der Waals surface area (Å²) in [6.45, 7) is 0.248. The van der Waals surface area contributed by atoms with Crippen molar-refractivity contribution in [3.8, 4) is 5.75 Å². The third-order valence-corrected chi connectivity index (χ3v) is 3.61. The molecule has 3 rings (SSSR count). The van der Waals surface area contributed by atoms with Crippen molar-refractivity contribution in [3.05, 3.63) is 23.8 Å². The minimum absolute atomic E-state index is 0.00851. The summed E-state index contributed by atoms with van der Waals surface area (Å²) in [5.74, 6) is -1.20. The summed E-state index contributed by atoms with van der Waals surface area (Å²) in [4.78, 5) is 35.7. The Balaban J connectivity index is 1.88. The molecule has 0 aromatic heterocycles. The van der Waals surface area contributed by atoms with Gasteiger partial charge in [-0.1, -0.05) is 0 Å². The van der Waals surface area contributed by atoms with Crippen molar-refractivity contribution >= 4 is 23.3 Å². The Morgan fingerprint density at radius 3 is 2.85 bits per heavy atom. The number of fused-ring (bicyclic) bond motifs is 1. The lowest BCUT2D eigenvalue weighted by molar-refractivity contribution is -0.141. The molecule has 1 aromatic carbocycles. The first-order valence-corrected chi connectivity index (χ1v) is 6.35. The highest BCUT2D eigenvalue weighted by atomic mass is 16.5. The van der Waals surface area contributed by atoms with Crippen LogP contribution in [0.25, 0.3) is 0 Å². The summed E-state index contributed by atoms with van der Waals surface area (Å²) in [6.07, 6.45) is 0.301. The molecule has 2 heterocycles. The first-order chi connectivity index (χ1) is 9.54. The molecule has 2 aliphatic rings. The van der Waals surface area contributed by atoms with E-state index in [9.17, 15) is 14.4 Å². The number of hydrogen-bond acceptors (Lipinski definition) is 4. The zero-order valence-electron chi connectivity index (χ0n) is 10.7. The van der Waals surface area contributed by atoms with Crippen LogP contribution < -0.4 is 9.64 Å². The fourth-order valence-electron chi connectivity index (χ4n) is 2.56. The van der Waals surface area contributed by atoms with Gasteiger partial charge in [0.1, 0.15) is 12.4 Å². The molecule has 1 atom stereocenters. The second-order valence-corrected chi connectivity index (χ2v) is 5.04. The van der Waals surface area contributed by atoms with Crippen LogP contribution in [-0.2, 0) is 20.8 Å². The number of benzene rings is 1. The number of ketones is 1. The Labute approximate surface area is 114 Å². The van der Waals surface area contributed by atoms with Crippen molar-refractivity contribution in [3.63, 3.8) is 0 Å². The maximum Gasteiger partial charge on any atom is 0.308 e. The number of carbonyl (C=O) groups is 3. The van der Waals surface area contributed by atoms with E-state index >= 15 is 0 Å². The van der Waals surface area contributed by atoms with Crippen molar-refractivity contribution in [2.75, 3.05) is 18.1 Å². The molecule has 0 radical (unpaired) electrons. The number of aliphatic carboxylic acids is 1. The maximum absolute atomic E-state index is 11.9. The Bertz CT molecular complexity index is 610. The maximum atomic E-state index is 11.9. The van der Waals surface area contributed by atoms with Crippen molar-refractivity contribution in [2.45, 2.75) is 12.8 Å². The van der Waals surface area contributed by atoms with E-state index in [1.807, 2.05) is 0 Å². The van der Waals surface area contributed by atoms with Gasteiger partial charge >= 0.3 is 5.97 Å². The van der Waals surface area contributed by atoms with Gasteiger partial charge in [-0.25, -0.2) is 0 Å². The van der Waals surface area contributed by atoms with Crippen LogP contribution in [0, 0.1) is 5.92 Å². The Hall–Kier alpha value is -2.37. The van der Waals surface area contributed by atoms with Gasteiger partial charge in [-0.05, 0) is 18.2 Å².